The standard InChI is InChI=1S/C40H39N6/c1-5-8-14-29-18-20-31(21-19-29)36-26-35(30-15-10-9-11-16-30)41-39(42-36)37-27-46(44-43-37)32-22-23-33-28(4)40(6-2,7-3)45-24-13-12-17-38(45)34(33)25-32/h9-13,15-27H,4-8,14H2,1-3H3/q+1. The summed E-state index contributed by atoms with van der Waals surface area (Å²) >= 11 is 0. The first-order chi connectivity index (χ1) is 22.5. The maximum Gasteiger partial charge on any atom is 0.213 e. The summed E-state index contributed by atoms with van der Waals surface area (Å²) in [4.78, 5) is 9.97. The normalized spacial score (nSPS) is 13.3. The lowest BCUT2D eigenvalue weighted by Gasteiger charge is -2.34. The number of unbranched alkanes of at least 4 members (excludes halogenated alkanes) is 1. The van der Waals surface area contributed by atoms with Crippen molar-refractivity contribution < 1.29 is 4.57 Å². The largest absolute Gasteiger partial charge is 0.226 e. The lowest BCUT2D eigenvalue weighted by Crippen LogP contribution is -2.59. The summed E-state index contributed by atoms with van der Waals surface area (Å²) in [5.41, 5.74) is 11.2. The van der Waals surface area contributed by atoms with Gasteiger partial charge in [0.25, 0.3) is 0 Å². The van der Waals surface area contributed by atoms with E-state index in [1.165, 1.54) is 29.7 Å². The van der Waals surface area contributed by atoms with Crippen LogP contribution in [0.2, 0.25) is 0 Å². The minimum Gasteiger partial charge on any atom is -0.226 e. The van der Waals surface area contributed by atoms with Gasteiger partial charge in [0.05, 0.1) is 28.8 Å². The van der Waals surface area contributed by atoms with Gasteiger partial charge in [-0.3, -0.25) is 0 Å². The molecular weight excluding hydrogens is 564 g/mol. The van der Waals surface area contributed by atoms with Crippen molar-refractivity contribution in [3.8, 4) is 51.0 Å². The van der Waals surface area contributed by atoms with Crippen LogP contribution in [0, 0.1) is 0 Å². The van der Waals surface area contributed by atoms with Crippen LogP contribution in [0.1, 0.15) is 57.6 Å². The Bertz CT molecular complexity index is 2020. The highest BCUT2D eigenvalue weighted by molar-refractivity contribution is 5.84. The summed E-state index contributed by atoms with van der Waals surface area (Å²) in [6, 6.07) is 33.9. The quantitative estimate of drug-likeness (QED) is 0.155. The summed E-state index contributed by atoms with van der Waals surface area (Å²) in [7, 11) is 0. The molecule has 1 aliphatic rings. The predicted octanol–water partition coefficient (Wildman–Crippen LogP) is 8.90. The van der Waals surface area contributed by atoms with Gasteiger partial charge >= 0.3 is 0 Å². The van der Waals surface area contributed by atoms with Crippen LogP contribution < -0.4 is 4.57 Å². The molecule has 0 spiro atoms. The number of pyridine rings is 1. The fraction of sp³-hybridized carbons (Fsp3) is 0.225. The van der Waals surface area contributed by atoms with Gasteiger partial charge in [0.1, 0.15) is 0 Å². The third kappa shape index (κ3) is 5.14. The van der Waals surface area contributed by atoms with Crippen molar-refractivity contribution in [2.75, 3.05) is 0 Å². The number of fused-ring (bicyclic) bond motifs is 3. The van der Waals surface area contributed by atoms with Crippen LogP contribution in [0.3, 0.4) is 0 Å². The molecule has 1 aliphatic heterocycles. The monoisotopic (exact) mass is 603 g/mol. The van der Waals surface area contributed by atoms with Crippen molar-refractivity contribution in [2.24, 2.45) is 0 Å². The zero-order valence-corrected chi connectivity index (χ0v) is 26.8. The van der Waals surface area contributed by atoms with E-state index in [4.69, 9.17) is 9.97 Å². The number of nitrogens with zero attached hydrogens (tertiary/aromatic N) is 6. The lowest BCUT2D eigenvalue weighted by atomic mass is 9.75. The first kappa shape index (κ1) is 29.5. The third-order valence-electron chi connectivity index (χ3n) is 9.51. The summed E-state index contributed by atoms with van der Waals surface area (Å²) in [6.45, 7) is 11.3. The molecule has 0 N–H and O–H groups in total. The van der Waals surface area contributed by atoms with E-state index in [1.807, 2.05) is 29.1 Å². The van der Waals surface area contributed by atoms with Crippen molar-refractivity contribution in [2.45, 2.75) is 58.4 Å². The Labute approximate surface area is 271 Å². The molecule has 0 atom stereocenters. The molecule has 6 nitrogen and oxygen atoms in total. The first-order valence-electron chi connectivity index (χ1n) is 16.4. The van der Waals surface area contributed by atoms with Crippen LogP contribution in [-0.2, 0) is 12.0 Å². The van der Waals surface area contributed by atoms with Gasteiger partial charge < -0.3 is 0 Å². The van der Waals surface area contributed by atoms with Crippen LogP contribution >= 0.6 is 0 Å². The summed E-state index contributed by atoms with van der Waals surface area (Å²) in [6.07, 6.45) is 9.52. The number of hydrogen-bond acceptors (Lipinski definition) is 4. The van der Waals surface area contributed by atoms with Gasteiger partial charge in [-0.2, -0.15) is 4.57 Å². The van der Waals surface area contributed by atoms with E-state index < -0.39 is 0 Å². The molecule has 0 fully saturated rings. The first-order valence-corrected chi connectivity index (χ1v) is 16.4. The second-order valence-corrected chi connectivity index (χ2v) is 12.1. The number of aromatic nitrogens is 6. The molecular formula is C40H39N6+. The van der Waals surface area contributed by atoms with Gasteiger partial charge in [0.15, 0.2) is 23.3 Å². The minimum atomic E-state index is -0.139. The fourth-order valence-corrected chi connectivity index (χ4v) is 6.78. The number of allylic oxidation sites excluding steroid dienone is 1. The molecule has 7 rings (SSSR count). The molecule has 46 heavy (non-hydrogen) atoms. The summed E-state index contributed by atoms with van der Waals surface area (Å²) in [5.74, 6) is 0.542. The van der Waals surface area contributed by atoms with Gasteiger partial charge in [-0.1, -0.05) is 99.6 Å². The Hall–Kier alpha value is -5.23. The Kier molecular flexibility index (Phi) is 7.87. The van der Waals surface area contributed by atoms with Gasteiger partial charge in [-0.15, -0.1) is 5.10 Å². The van der Waals surface area contributed by atoms with Crippen molar-refractivity contribution in [3.63, 3.8) is 0 Å². The summed E-state index contributed by atoms with van der Waals surface area (Å²) in [5, 5.41) is 9.12. The van der Waals surface area contributed by atoms with Gasteiger partial charge in [-0.05, 0) is 48.2 Å². The van der Waals surface area contributed by atoms with Crippen LogP contribution in [0.5, 0.6) is 0 Å². The molecule has 0 radical (unpaired) electrons. The van der Waals surface area contributed by atoms with Crippen LogP contribution in [0.25, 0.3) is 56.6 Å². The Balaban J connectivity index is 1.28. The van der Waals surface area contributed by atoms with E-state index in [9.17, 15) is 0 Å². The van der Waals surface area contributed by atoms with E-state index in [0.29, 0.717) is 11.5 Å². The van der Waals surface area contributed by atoms with Gasteiger partial charge in [0, 0.05) is 41.7 Å². The highest BCUT2D eigenvalue weighted by atomic mass is 15.4. The molecule has 0 saturated heterocycles. The van der Waals surface area contributed by atoms with Crippen LogP contribution in [0.4, 0.5) is 0 Å². The SMILES string of the molecule is C=C1c2ccc(-n3cc(-c4nc(-c5ccccc5)cc(-c5ccc(CCCC)cc5)n4)nn3)cc2-c2cccc[n+]2C1(CC)CC. The number of aryl methyl sites for hydroxylation is 1. The zero-order chi connectivity index (χ0) is 31.7. The van der Waals surface area contributed by atoms with Crippen LogP contribution in [-0.4, -0.2) is 25.0 Å². The van der Waals surface area contributed by atoms with E-state index in [-0.39, 0.29) is 5.54 Å². The van der Waals surface area contributed by atoms with E-state index in [2.05, 4.69) is 127 Å². The van der Waals surface area contributed by atoms with Crippen molar-refractivity contribution in [1.29, 1.82) is 0 Å². The molecule has 4 heterocycles. The second kappa shape index (κ2) is 12.3. The summed E-state index contributed by atoms with van der Waals surface area (Å²) < 4.78 is 4.21. The molecule has 0 amide bonds. The highest BCUT2D eigenvalue weighted by Crippen LogP contribution is 2.44. The average molecular weight is 604 g/mol. The third-order valence-corrected chi connectivity index (χ3v) is 9.51. The molecule has 6 aromatic rings. The zero-order valence-electron chi connectivity index (χ0n) is 26.8. The van der Waals surface area contributed by atoms with E-state index in [1.54, 1.807) is 0 Å². The van der Waals surface area contributed by atoms with Crippen molar-refractivity contribution in [3.05, 3.63) is 127 Å². The second-order valence-electron chi connectivity index (χ2n) is 12.1. The molecule has 3 aromatic carbocycles. The van der Waals surface area contributed by atoms with E-state index in [0.717, 1.165) is 58.6 Å². The molecule has 6 heteroatoms. The highest BCUT2D eigenvalue weighted by Gasteiger charge is 2.46. The lowest BCUT2D eigenvalue weighted by molar-refractivity contribution is -0.741. The molecule has 0 saturated carbocycles. The van der Waals surface area contributed by atoms with Crippen molar-refractivity contribution in [1.82, 2.24) is 25.0 Å². The maximum atomic E-state index is 5.00. The number of rotatable bonds is 9. The molecule has 228 valence electrons. The smallest absolute Gasteiger partial charge is 0.213 e. The predicted molar refractivity (Wildman–Crippen MR) is 185 cm³/mol. The molecule has 0 unspecified atom stereocenters. The van der Waals surface area contributed by atoms with Crippen molar-refractivity contribution >= 4 is 5.57 Å². The van der Waals surface area contributed by atoms with Gasteiger partial charge in [0.2, 0.25) is 5.69 Å². The van der Waals surface area contributed by atoms with Gasteiger partial charge in [-0.25, -0.2) is 14.6 Å². The minimum absolute atomic E-state index is 0.139. The average Bonchev–Trinajstić information content (AvgIpc) is 3.62. The Morgan fingerprint density at radius 2 is 1.46 bits per heavy atom. The number of hydrogen-bond donors (Lipinski definition) is 0. The van der Waals surface area contributed by atoms with E-state index >= 15 is 0 Å². The van der Waals surface area contributed by atoms with Crippen LogP contribution in [0.15, 0.2) is 116 Å². The Morgan fingerprint density at radius 1 is 0.739 bits per heavy atom. The molecule has 0 aliphatic carbocycles. The fourth-order valence-electron chi connectivity index (χ4n) is 6.78. The maximum absolute atomic E-state index is 5.00. The number of benzene rings is 3. The molecule has 0 bridgehead atoms. The molecule has 3 aromatic heterocycles. The topological polar surface area (TPSA) is 60.4 Å². The Morgan fingerprint density at radius 3 is 2.17 bits per heavy atom.